The zero-order chi connectivity index (χ0) is 18.0. The van der Waals surface area contributed by atoms with E-state index >= 15 is 0 Å². The first-order valence-corrected chi connectivity index (χ1v) is 7.97. The number of carbonyl (C=O) groups is 1. The summed E-state index contributed by atoms with van der Waals surface area (Å²) in [5.74, 6) is -0.284. The molecule has 1 aromatic carbocycles. The monoisotopic (exact) mass is 353 g/mol. The molecule has 2 N–H and O–H groups in total. The molecule has 1 fully saturated rings. The van der Waals surface area contributed by atoms with Gasteiger partial charge in [-0.15, -0.1) is 0 Å². The van der Waals surface area contributed by atoms with E-state index in [9.17, 15) is 23.1 Å². The molecule has 2 heterocycles. The summed E-state index contributed by atoms with van der Waals surface area (Å²) < 4.78 is 39.9. The van der Waals surface area contributed by atoms with Gasteiger partial charge in [-0.3, -0.25) is 4.79 Å². The topological polar surface area (TPSA) is 69.2 Å². The zero-order valence-electron chi connectivity index (χ0n) is 13.3. The van der Waals surface area contributed by atoms with Gasteiger partial charge in [0.25, 0.3) is 0 Å². The molecule has 3 rings (SSSR count). The van der Waals surface area contributed by atoms with Crippen LogP contribution in [0.2, 0.25) is 0 Å². The summed E-state index contributed by atoms with van der Waals surface area (Å²) >= 11 is 0. The van der Waals surface area contributed by atoms with Gasteiger partial charge in [-0.1, -0.05) is 18.2 Å². The van der Waals surface area contributed by atoms with Crippen molar-refractivity contribution in [2.75, 3.05) is 6.54 Å². The Kier molecular flexibility index (Phi) is 4.80. The molecule has 0 unspecified atom stereocenters. The highest BCUT2D eigenvalue weighted by Gasteiger charge is 2.41. The number of nitrogens with zero attached hydrogens (tertiary/aromatic N) is 2. The van der Waals surface area contributed by atoms with Crippen LogP contribution < -0.4 is 0 Å². The van der Waals surface area contributed by atoms with Crippen molar-refractivity contribution in [3.8, 4) is 0 Å². The van der Waals surface area contributed by atoms with Gasteiger partial charge < -0.3 is 15.0 Å². The van der Waals surface area contributed by atoms with Crippen molar-refractivity contribution >= 4 is 5.91 Å². The predicted octanol–water partition coefficient (Wildman–Crippen LogP) is 2.70. The quantitative estimate of drug-likeness (QED) is 0.888. The van der Waals surface area contributed by atoms with Crippen LogP contribution in [0.3, 0.4) is 0 Å². The number of aliphatic hydroxyl groups is 1. The molecule has 0 radical (unpaired) electrons. The first-order valence-electron chi connectivity index (χ1n) is 7.97. The van der Waals surface area contributed by atoms with E-state index in [0.29, 0.717) is 6.42 Å². The number of hydrogen-bond acceptors (Lipinski definition) is 3. The molecule has 0 spiro atoms. The van der Waals surface area contributed by atoms with Gasteiger partial charge in [0.05, 0.1) is 24.0 Å². The maximum absolute atomic E-state index is 13.3. The van der Waals surface area contributed by atoms with E-state index in [0.717, 1.165) is 11.8 Å². The third-order valence-corrected chi connectivity index (χ3v) is 4.39. The number of β-amino-alcohol motifs (C(OH)–C–C–N with tert-alkyl or cyclic N) is 1. The molecule has 0 saturated carbocycles. The van der Waals surface area contributed by atoms with Crippen molar-refractivity contribution in [1.29, 1.82) is 0 Å². The number of aryl methyl sites for hydroxylation is 1. The molecular weight excluding hydrogens is 335 g/mol. The van der Waals surface area contributed by atoms with Gasteiger partial charge in [0.1, 0.15) is 0 Å². The Balaban J connectivity index is 1.81. The number of likely N-dealkylation sites (tertiary alicyclic amines) is 1. The third-order valence-electron chi connectivity index (χ3n) is 4.39. The Labute approximate surface area is 142 Å². The average Bonchev–Trinajstić information content (AvgIpc) is 3.21. The number of alkyl halides is 3. The van der Waals surface area contributed by atoms with Gasteiger partial charge in [-0.2, -0.15) is 13.2 Å². The van der Waals surface area contributed by atoms with Gasteiger partial charge in [-0.25, -0.2) is 4.98 Å². The second kappa shape index (κ2) is 6.87. The van der Waals surface area contributed by atoms with Crippen molar-refractivity contribution in [1.82, 2.24) is 14.9 Å². The highest BCUT2D eigenvalue weighted by molar-refractivity contribution is 5.77. The molecule has 25 heavy (non-hydrogen) atoms. The van der Waals surface area contributed by atoms with E-state index in [1.165, 1.54) is 29.4 Å². The molecule has 0 aliphatic carbocycles. The number of aliphatic hydroxyl groups excluding tert-OH is 1. The molecule has 134 valence electrons. The van der Waals surface area contributed by atoms with Crippen LogP contribution in [0.1, 0.15) is 35.7 Å². The summed E-state index contributed by atoms with van der Waals surface area (Å²) in [5.41, 5.74) is 0.0437. The van der Waals surface area contributed by atoms with Crippen LogP contribution in [0.5, 0.6) is 0 Å². The minimum atomic E-state index is -4.51. The van der Waals surface area contributed by atoms with Crippen LogP contribution in [-0.2, 0) is 17.4 Å². The van der Waals surface area contributed by atoms with Gasteiger partial charge in [0.2, 0.25) is 5.91 Å². The normalized spacial score (nSPS) is 20.9. The fraction of sp³-hybridized carbons (Fsp3) is 0.412. The van der Waals surface area contributed by atoms with E-state index in [2.05, 4.69) is 9.97 Å². The SMILES string of the molecule is O=C(CCc1cnc[nH]1)N1C[C@H](O)C[C@H]1c1ccccc1C(F)(F)F. The number of aromatic nitrogens is 2. The van der Waals surface area contributed by atoms with Crippen molar-refractivity contribution in [2.45, 2.75) is 37.6 Å². The number of amides is 1. The van der Waals surface area contributed by atoms with Crippen LogP contribution in [0.25, 0.3) is 0 Å². The summed E-state index contributed by atoms with van der Waals surface area (Å²) in [7, 11) is 0. The average molecular weight is 353 g/mol. The molecule has 1 amide bonds. The van der Waals surface area contributed by atoms with Gasteiger partial charge >= 0.3 is 6.18 Å². The maximum atomic E-state index is 13.3. The lowest BCUT2D eigenvalue weighted by molar-refractivity contribution is -0.140. The minimum Gasteiger partial charge on any atom is -0.391 e. The molecule has 8 heteroatoms. The standard InChI is InChI=1S/C17H18F3N3O2/c18-17(19,20)14-4-2-1-3-13(14)15-7-12(24)9-23(15)16(25)6-5-11-8-21-10-22-11/h1-4,8,10,12,15,24H,5-7,9H2,(H,21,22)/t12-,15+/m1/s1. The summed E-state index contributed by atoms with van der Waals surface area (Å²) in [6.45, 7) is 0.0403. The van der Waals surface area contributed by atoms with Crippen molar-refractivity contribution < 1.29 is 23.1 Å². The van der Waals surface area contributed by atoms with Crippen molar-refractivity contribution in [3.63, 3.8) is 0 Å². The predicted molar refractivity (Wildman–Crippen MR) is 83.4 cm³/mol. The van der Waals surface area contributed by atoms with E-state index < -0.39 is 23.9 Å². The molecule has 2 aromatic rings. The Bertz CT molecular complexity index is 731. The Morgan fingerprint density at radius 3 is 2.80 bits per heavy atom. The largest absolute Gasteiger partial charge is 0.416 e. The number of nitrogens with one attached hydrogen (secondary N) is 1. The summed E-state index contributed by atoms with van der Waals surface area (Å²) in [4.78, 5) is 20.6. The molecule has 1 aliphatic rings. The van der Waals surface area contributed by atoms with Crippen LogP contribution in [0.15, 0.2) is 36.8 Å². The lowest BCUT2D eigenvalue weighted by atomic mass is 9.97. The number of benzene rings is 1. The second-order valence-electron chi connectivity index (χ2n) is 6.11. The number of aromatic amines is 1. The van der Waals surface area contributed by atoms with Gasteiger partial charge in [0.15, 0.2) is 0 Å². The molecule has 2 atom stereocenters. The number of halogens is 3. The molecule has 1 saturated heterocycles. The van der Waals surface area contributed by atoms with Crippen molar-refractivity contribution in [3.05, 3.63) is 53.6 Å². The molecule has 1 aromatic heterocycles. The lowest BCUT2D eigenvalue weighted by Gasteiger charge is -2.27. The third kappa shape index (κ3) is 3.84. The van der Waals surface area contributed by atoms with Gasteiger partial charge in [-0.05, 0) is 24.5 Å². The first-order chi connectivity index (χ1) is 11.9. The Morgan fingerprint density at radius 1 is 1.36 bits per heavy atom. The van der Waals surface area contributed by atoms with Crippen LogP contribution in [-0.4, -0.2) is 38.5 Å². The molecule has 0 bridgehead atoms. The highest BCUT2D eigenvalue weighted by Crippen LogP contribution is 2.40. The summed E-state index contributed by atoms with van der Waals surface area (Å²) in [6, 6.07) is 4.45. The molecular formula is C17H18F3N3O2. The number of rotatable bonds is 4. The fourth-order valence-electron chi connectivity index (χ4n) is 3.24. The molecule has 5 nitrogen and oxygen atoms in total. The number of hydrogen-bond donors (Lipinski definition) is 2. The zero-order valence-corrected chi connectivity index (χ0v) is 13.3. The minimum absolute atomic E-state index is 0.0291. The van der Waals surface area contributed by atoms with E-state index in [1.54, 1.807) is 6.20 Å². The Hall–Kier alpha value is -2.35. The van der Waals surface area contributed by atoms with Crippen LogP contribution in [0.4, 0.5) is 13.2 Å². The van der Waals surface area contributed by atoms with E-state index in [4.69, 9.17) is 0 Å². The number of imidazole rings is 1. The van der Waals surface area contributed by atoms with E-state index in [1.807, 2.05) is 0 Å². The van der Waals surface area contributed by atoms with Crippen LogP contribution in [0, 0.1) is 0 Å². The number of carbonyl (C=O) groups excluding carboxylic acids is 1. The Morgan fingerprint density at radius 2 is 2.12 bits per heavy atom. The number of H-pyrrole nitrogens is 1. The van der Waals surface area contributed by atoms with Gasteiger partial charge in [0, 0.05) is 24.9 Å². The fourth-order valence-corrected chi connectivity index (χ4v) is 3.24. The highest BCUT2D eigenvalue weighted by atomic mass is 19.4. The smallest absolute Gasteiger partial charge is 0.391 e. The summed E-state index contributed by atoms with van der Waals surface area (Å²) in [6.07, 6.45) is -1.58. The maximum Gasteiger partial charge on any atom is 0.416 e. The lowest BCUT2D eigenvalue weighted by Crippen LogP contribution is -2.32. The second-order valence-corrected chi connectivity index (χ2v) is 6.11. The van der Waals surface area contributed by atoms with Crippen molar-refractivity contribution in [2.24, 2.45) is 0 Å². The first kappa shape index (κ1) is 17.5. The summed E-state index contributed by atoms with van der Waals surface area (Å²) in [5, 5.41) is 9.93. The van der Waals surface area contributed by atoms with E-state index in [-0.39, 0.29) is 30.9 Å². The molecule has 1 aliphatic heterocycles. The van der Waals surface area contributed by atoms with Crippen LogP contribution >= 0.6 is 0 Å².